The van der Waals surface area contributed by atoms with Crippen LogP contribution in [0.5, 0.6) is 0 Å². The molecule has 0 aliphatic heterocycles. The maximum Gasteiger partial charge on any atom is 0.196 e. The Morgan fingerprint density at radius 3 is 2.38 bits per heavy atom. The summed E-state index contributed by atoms with van der Waals surface area (Å²) in [5.41, 5.74) is 5.36. The van der Waals surface area contributed by atoms with Crippen LogP contribution in [0.2, 0.25) is 0 Å². The van der Waals surface area contributed by atoms with Gasteiger partial charge in [-0.25, -0.2) is 0 Å². The van der Waals surface area contributed by atoms with Crippen LogP contribution >= 0.6 is 27.7 Å². The van der Waals surface area contributed by atoms with Crippen LogP contribution in [-0.4, -0.2) is 26.3 Å². The van der Waals surface area contributed by atoms with Gasteiger partial charge in [-0.1, -0.05) is 102 Å². The molecule has 0 amide bonds. The average molecular weight is 535 g/mol. The number of aryl methyl sites for hydroxylation is 1. The van der Waals surface area contributed by atoms with Crippen molar-refractivity contribution < 1.29 is 4.79 Å². The van der Waals surface area contributed by atoms with Crippen LogP contribution < -0.4 is 0 Å². The molecule has 0 N–H and O–H groups in total. The molecule has 4 aromatic rings. The summed E-state index contributed by atoms with van der Waals surface area (Å²) in [5, 5.41) is 9.99. The molecule has 4 nitrogen and oxygen atoms in total. The molecular weight excluding hydrogens is 506 g/mol. The number of nitrogens with zero attached hydrogens (tertiary/aromatic N) is 3. The number of hydrogen-bond acceptors (Lipinski definition) is 4. The molecule has 1 aromatic heterocycles. The molecule has 1 heterocycles. The molecule has 0 saturated heterocycles. The van der Waals surface area contributed by atoms with Crippen LogP contribution in [0.1, 0.15) is 54.1 Å². The summed E-state index contributed by atoms with van der Waals surface area (Å²) < 4.78 is 3.14. The smallest absolute Gasteiger partial charge is 0.196 e. The number of para-hydroxylation sites is 1. The Hall–Kier alpha value is -2.70. The van der Waals surface area contributed by atoms with Gasteiger partial charge in [0.2, 0.25) is 0 Å². The third-order valence-corrected chi connectivity index (χ3v) is 7.23. The number of hydrogen-bond donors (Lipinski definition) is 0. The zero-order valence-electron chi connectivity index (χ0n) is 19.7. The highest BCUT2D eigenvalue weighted by Gasteiger charge is 2.19. The molecule has 0 unspecified atom stereocenters. The van der Waals surface area contributed by atoms with Crippen molar-refractivity contribution in [2.24, 2.45) is 0 Å². The first-order valence-electron chi connectivity index (χ1n) is 11.5. The predicted octanol–water partition coefficient (Wildman–Crippen LogP) is 7.88. The van der Waals surface area contributed by atoms with Crippen molar-refractivity contribution in [3.63, 3.8) is 0 Å². The van der Waals surface area contributed by atoms with Gasteiger partial charge >= 0.3 is 0 Å². The van der Waals surface area contributed by atoms with E-state index in [2.05, 4.69) is 100.0 Å². The van der Waals surface area contributed by atoms with Gasteiger partial charge in [-0.05, 0) is 43.0 Å². The van der Waals surface area contributed by atoms with Crippen molar-refractivity contribution in [1.29, 1.82) is 0 Å². The molecule has 4 rings (SSSR count). The molecule has 3 aromatic carbocycles. The molecule has 0 aliphatic rings. The minimum Gasteiger partial charge on any atom is -0.294 e. The van der Waals surface area contributed by atoms with Gasteiger partial charge in [-0.3, -0.25) is 9.36 Å². The standard InChI is InChI=1S/C28H28BrN3OS/c1-19(2)24-7-4-5-8-25(24)32-27(22-12-10-20(3)11-13-22)30-31-28(32)34-18-6-9-26(33)21-14-16-23(29)17-15-21/h4-5,7-8,10-17,19H,6,9,18H2,1-3H3. The normalized spacial score (nSPS) is 11.2. The van der Waals surface area contributed by atoms with E-state index >= 15 is 0 Å². The van der Waals surface area contributed by atoms with Crippen molar-refractivity contribution in [1.82, 2.24) is 14.8 Å². The Morgan fingerprint density at radius 2 is 1.68 bits per heavy atom. The molecule has 0 atom stereocenters. The SMILES string of the molecule is Cc1ccc(-c2nnc(SCCCC(=O)c3ccc(Br)cc3)n2-c2ccccc2C(C)C)cc1. The Kier molecular flexibility index (Phi) is 8.01. The minimum absolute atomic E-state index is 0.167. The first-order valence-corrected chi connectivity index (χ1v) is 13.2. The summed E-state index contributed by atoms with van der Waals surface area (Å²) in [6.45, 7) is 6.49. The van der Waals surface area contributed by atoms with E-state index in [1.54, 1.807) is 11.8 Å². The fourth-order valence-electron chi connectivity index (χ4n) is 3.83. The Balaban J connectivity index is 1.57. The highest BCUT2D eigenvalue weighted by molar-refractivity contribution is 9.10. The lowest BCUT2D eigenvalue weighted by atomic mass is 10.0. The van der Waals surface area contributed by atoms with E-state index in [1.807, 2.05) is 24.3 Å². The highest BCUT2D eigenvalue weighted by atomic mass is 79.9. The van der Waals surface area contributed by atoms with E-state index in [9.17, 15) is 4.79 Å². The van der Waals surface area contributed by atoms with Gasteiger partial charge in [-0.15, -0.1) is 10.2 Å². The molecule has 0 bridgehead atoms. The number of carbonyl (C=O) groups excluding carboxylic acids is 1. The molecule has 174 valence electrons. The van der Waals surface area contributed by atoms with Crippen LogP contribution in [0.15, 0.2) is 82.4 Å². The van der Waals surface area contributed by atoms with Crippen molar-refractivity contribution in [2.45, 2.75) is 44.7 Å². The number of benzene rings is 3. The van der Waals surface area contributed by atoms with Gasteiger partial charge < -0.3 is 0 Å². The van der Waals surface area contributed by atoms with Crippen LogP contribution in [0.25, 0.3) is 17.1 Å². The maximum atomic E-state index is 12.5. The summed E-state index contributed by atoms with van der Waals surface area (Å²) in [5.74, 6) is 2.16. The third kappa shape index (κ3) is 5.68. The Bertz CT molecular complexity index is 1260. The number of ketones is 1. The van der Waals surface area contributed by atoms with Gasteiger partial charge in [0.05, 0.1) is 5.69 Å². The van der Waals surface area contributed by atoms with Crippen LogP contribution in [0, 0.1) is 6.92 Å². The third-order valence-electron chi connectivity index (χ3n) is 5.69. The lowest BCUT2D eigenvalue weighted by Crippen LogP contribution is -2.05. The lowest BCUT2D eigenvalue weighted by Gasteiger charge is -2.17. The van der Waals surface area contributed by atoms with E-state index in [0.29, 0.717) is 12.3 Å². The Labute approximate surface area is 214 Å². The van der Waals surface area contributed by atoms with Gasteiger partial charge in [0, 0.05) is 27.8 Å². The van der Waals surface area contributed by atoms with Gasteiger partial charge in [-0.2, -0.15) is 0 Å². The van der Waals surface area contributed by atoms with E-state index < -0.39 is 0 Å². The van der Waals surface area contributed by atoms with Crippen LogP contribution in [-0.2, 0) is 0 Å². The second-order valence-electron chi connectivity index (χ2n) is 8.60. The predicted molar refractivity (Wildman–Crippen MR) is 144 cm³/mol. The molecule has 0 radical (unpaired) electrons. The Morgan fingerprint density at radius 1 is 0.971 bits per heavy atom. The monoisotopic (exact) mass is 533 g/mol. The summed E-state index contributed by atoms with van der Waals surface area (Å²) in [4.78, 5) is 12.5. The van der Waals surface area contributed by atoms with Crippen LogP contribution in [0.4, 0.5) is 0 Å². The van der Waals surface area contributed by atoms with Crippen molar-refractivity contribution in [3.8, 4) is 17.1 Å². The first-order chi connectivity index (χ1) is 16.4. The number of thioether (sulfide) groups is 1. The fourth-order valence-corrected chi connectivity index (χ4v) is 4.97. The highest BCUT2D eigenvalue weighted by Crippen LogP contribution is 2.32. The summed E-state index contributed by atoms with van der Waals surface area (Å²) in [7, 11) is 0. The van der Waals surface area contributed by atoms with E-state index in [1.165, 1.54) is 11.1 Å². The zero-order chi connectivity index (χ0) is 24.1. The number of Topliss-reactive ketones (excluding diaryl/α,β-unsaturated/α-hetero) is 1. The van der Waals surface area contributed by atoms with Crippen molar-refractivity contribution in [2.75, 3.05) is 5.75 Å². The second kappa shape index (κ2) is 11.2. The lowest BCUT2D eigenvalue weighted by molar-refractivity contribution is 0.0982. The number of rotatable bonds is 9. The zero-order valence-corrected chi connectivity index (χ0v) is 22.1. The molecular formula is C28H28BrN3OS. The number of aromatic nitrogens is 3. The van der Waals surface area contributed by atoms with Crippen molar-refractivity contribution in [3.05, 3.63) is 94.0 Å². The van der Waals surface area contributed by atoms with Gasteiger partial charge in [0.1, 0.15) is 0 Å². The fraction of sp³-hybridized carbons (Fsp3) is 0.250. The molecule has 34 heavy (non-hydrogen) atoms. The van der Waals surface area contributed by atoms with Crippen molar-refractivity contribution >= 4 is 33.5 Å². The summed E-state index contributed by atoms with van der Waals surface area (Å²) in [6, 6.07) is 24.4. The molecule has 0 saturated carbocycles. The largest absolute Gasteiger partial charge is 0.294 e. The maximum absolute atomic E-state index is 12.5. The van der Waals surface area contributed by atoms with Crippen LogP contribution in [0.3, 0.4) is 0 Å². The minimum atomic E-state index is 0.167. The van der Waals surface area contributed by atoms with Gasteiger partial charge in [0.15, 0.2) is 16.8 Å². The quantitative estimate of drug-likeness (QED) is 0.125. The molecule has 6 heteroatoms. The number of halogens is 1. The average Bonchev–Trinajstić information content (AvgIpc) is 3.26. The second-order valence-corrected chi connectivity index (χ2v) is 10.6. The summed E-state index contributed by atoms with van der Waals surface area (Å²) in [6.07, 6.45) is 1.29. The van der Waals surface area contributed by atoms with E-state index in [4.69, 9.17) is 0 Å². The number of carbonyl (C=O) groups is 1. The van der Waals surface area contributed by atoms with E-state index in [0.717, 1.165) is 44.4 Å². The summed E-state index contributed by atoms with van der Waals surface area (Å²) >= 11 is 5.07. The van der Waals surface area contributed by atoms with E-state index in [-0.39, 0.29) is 5.78 Å². The topological polar surface area (TPSA) is 47.8 Å². The molecule has 0 fully saturated rings. The first kappa shape index (κ1) is 24.4. The molecule has 0 spiro atoms. The van der Waals surface area contributed by atoms with Gasteiger partial charge in [0.25, 0.3) is 0 Å². The molecule has 0 aliphatic carbocycles.